The van der Waals surface area contributed by atoms with E-state index in [4.69, 9.17) is 4.42 Å². The third-order valence-electron chi connectivity index (χ3n) is 4.56. The number of furan rings is 1. The lowest BCUT2D eigenvalue weighted by Crippen LogP contribution is -2.28. The van der Waals surface area contributed by atoms with Crippen molar-refractivity contribution >= 4 is 28.6 Å². The molecule has 2 aromatic carbocycles. The van der Waals surface area contributed by atoms with Gasteiger partial charge in [-0.2, -0.15) is 0 Å². The zero-order valence-corrected chi connectivity index (χ0v) is 16.9. The fourth-order valence-corrected chi connectivity index (χ4v) is 3.96. The summed E-state index contributed by atoms with van der Waals surface area (Å²) in [4.78, 5) is 31.8. The van der Waals surface area contributed by atoms with E-state index < -0.39 is 5.82 Å². The molecule has 0 saturated carbocycles. The van der Waals surface area contributed by atoms with E-state index >= 15 is 0 Å². The molecule has 0 aliphatic rings. The summed E-state index contributed by atoms with van der Waals surface area (Å²) in [6, 6.07) is 16.4. The molecule has 0 saturated heterocycles. The van der Waals surface area contributed by atoms with Crippen LogP contribution in [0.4, 0.5) is 4.39 Å². The summed E-state index contributed by atoms with van der Waals surface area (Å²) in [6.45, 7) is 0.331. The summed E-state index contributed by atoms with van der Waals surface area (Å²) >= 11 is 1.09. The Labute approximate surface area is 176 Å². The minimum atomic E-state index is -0.542. The van der Waals surface area contributed by atoms with Gasteiger partial charge in [0.2, 0.25) is 5.91 Å². The van der Waals surface area contributed by atoms with E-state index in [0.717, 1.165) is 11.8 Å². The highest BCUT2D eigenvalue weighted by molar-refractivity contribution is 7.99. The lowest BCUT2D eigenvalue weighted by Gasteiger charge is -2.17. The minimum absolute atomic E-state index is 0.0381. The van der Waals surface area contributed by atoms with Crippen molar-refractivity contribution < 1.29 is 13.6 Å². The van der Waals surface area contributed by atoms with Crippen molar-refractivity contribution in [2.24, 2.45) is 0 Å². The number of carbonyl (C=O) groups is 1. The van der Waals surface area contributed by atoms with E-state index in [1.54, 1.807) is 61.8 Å². The second kappa shape index (κ2) is 8.54. The second-order valence-electron chi connectivity index (χ2n) is 6.62. The Kier molecular flexibility index (Phi) is 5.67. The summed E-state index contributed by atoms with van der Waals surface area (Å²) < 4.78 is 21.0. The smallest absolute Gasteiger partial charge is 0.266 e. The van der Waals surface area contributed by atoms with Gasteiger partial charge in [-0.25, -0.2) is 9.37 Å². The van der Waals surface area contributed by atoms with Crippen LogP contribution in [-0.2, 0) is 11.3 Å². The van der Waals surface area contributed by atoms with Crippen LogP contribution in [0, 0.1) is 5.82 Å². The van der Waals surface area contributed by atoms with Crippen molar-refractivity contribution in [1.82, 2.24) is 14.5 Å². The number of para-hydroxylation sites is 2. The highest BCUT2D eigenvalue weighted by atomic mass is 32.2. The number of benzene rings is 2. The quantitative estimate of drug-likeness (QED) is 0.348. The molecule has 30 heavy (non-hydrogen) atoms. The van der Waals surface area contributed by atoms with Crippen LogP contribution < -0.4 is 5.56 Å². The van der Waals surface area contributed by atoms with Crippen molar-refractivity contribution in [3.63, 3.8) is 0 Å². The van der Waals surface area contributed by atoms with E-state index in [0.29, 0.717) is 23.2 Å². The molecule has 1 amide bonds. The normalized spacial score (nSPS) is 11.0. The largest absolute Gasteiger partial charge is 0.467 e. The fourth-order valence-electron chi connectivity index (χ4n) is 3.02. The summed E-state index contributed by atoms with van der Waals surface area (Å²) in [7, 11) is 1.67. The molecule has 0 aliphatic heterocycles. The van der Waals surface area contributed by atoms with Gasteiger partial charge in [-0.3, -0.25) is 14.2 Å². The Bertz CT molecular complexity index is 1250. The van der Waals surface area contributed by atoms with Crippen LogP contribution in [0.1, 0.15) is 5.76 Å². The first-order valence-corrected chi connectivity index (χ1v) is 10.2. The number of nitrogens with zero attached hydrogens (tertiary/aromatic N) is 3. The molecule has 152 valence electrons. The van der Waals surface area contributed by atoms with E-state index in [-0.39, 0.29) is 28.1 Å². The maximum atomic E-state index is 14.5. The van der Waals surface area contributed by atoms with Gasteiger partial charge >= 0.3 is 0 Å². The monoisotopic (exact) mass is 423 g/mol. The number of fused-ring (bicyclic) bond motifs is 1. The van der Waals surface area contributed by atoms with E-state index in [2.05, 4.69) is 4.98 Å². The second-order valence-corrected chi connectivity index (χ2v) is 7.56. The Morgan fingerprint density at radius 1 is 1.13 bits per heavy atom. The topological polar surface area (TPSA) is 68.3 Å². The lowest BCUT2D eigenvalue weighted by molar-refractivity contribution is -0.127. The molecule has 0 N–H and O–H groups in total. The van der Waals surface area contributed by atoms with Gasteiger partial charge in [0, 0.05) is 7.05 Å². The first kappa shape index (κ1) is 19.9. The van der Waals surface area contributed by atoms with E-state index in [1.807, 2.05) is 0 Å². The number of hydrogen-bond acceptors (Lipinski definition) is 5. The Morgan fingerprint density at radius 3 is 2.67 bits per heavy atom. The molecule has 2 aromatic heterocycles. The van der Waals surface area contributed by atoms with Crippen molar-refractivity contribution in [3.05, 3.63) is 88.9 Å². The highest BCUT2D eigenvalue weighted by Crippen LogP contribution is 2.23. The Balaban J connectivity index is 1.67. The Morgan fingerprint density at radius 2 is 1.90 bits per heavy atom. The summed E-state index contributed by atoms with van der Waals surface area (Å²) in [5, 5.41) is 0.634. The number of aromatic nitrogens is 2. The lowest BCUT2D eigenvalue weighted by atomic mass is 10.2. The third-order valence-corrected chi connectivity index (χ3v) is 5.49. The number of thioether (sulfide) groups is 1. The van der Waals surface area contributed by atoms with Gasteiger partial charge in [0.15, 0.2) is 5.16 Å². The fraction of sp³-hybridized carbons (Fsp3) is 0.136. The minimum Gasteiger partial charge on any atom is -0.467 e. The molecule has 6 nitrogen and oxygen atoms in total. The molecule has 4 rings (SSSR count). The van der Waals surface area contributed by atoms with Crippen molar-refractivity contribution in [2.45, 2.75) is 11.7 Å². The van der Waals surface area contributed by atoms with Crippen molar-refractivity contribution in [3.8, 4) is 5.69 Å². The summed E-state index contributed by atoms with van der Waals surface area (Å²) in [5.74, 6) is -0.00202. The molecule has 0 spiro atoms. The number of carbonyl (C=O) groups excluding carboxylic acids is 1. The van der Waals surface area contributed by atoms with Crippen LogP contribution in [-0.4, -0.2) is 33.2 Å². The SMILES string of the molecule is CN(Cc1ccco1)C(=O)CSc1nc2ccccc2c(=O)n1-c1ccccc1F. The van der Waals surface area contributed by atoms with E-state index in [9.17, 15) is 14.0 Å². The zero-order chi connectivity index (χ0) is 21.1. The average molecular weight is 423 g/mol. The van der Waals surface area contributed by atoms with E-state index in [1.165, 1.54) is 21.6 Å². The molecule has 4 aromatic rings. The third kappa shape index (κ3) is 3.99. The predicted octanol–water partition coefficient (Wildman–Crippen LogP) is 3.87. The number of hydrogen-bond donors (Lipinski definition) is 0. The molecule has 0 aliphatic carbocycles. The van der Waals surface area contributed by atoms with Gasteiger partial charge in [0.1, 0.15) is 11.6 Å². The average Bonchev–Trinajstić information content (AvgIpc) is 3.26. The Hall–Kier alpha value is -3.39. The molecule has 0 unspecified atom stereocenters. The number of halogens is 1. The standard InChI is InChI=1S/C22H18FN3O3S/c1-25(13-15-7-6-12-29-15)20(27)14-30-22-24-18-10-4-2-8-16(18)21(28)26(22)19-11-5-3-9-17(19)23/h2-12H,13-14H2,1H3. The molecular weight excluding hydrogens is 405 g/mol. The molecule has 0 atom stereocenters. The predicted molar refractivity (Wildman–Crippen MR) is 113 cm³/mol. The van der Waals surface area contributed by atoms with Gasteiger partial charge < -0.3 is 9.32 Å². The zero-order valence-electron chi connectivity index (χ0n) is 16.1. The molecule has 0 radical (unpaired) electrons. The van der Waals surface area contributed by atoms with Crippen LogP contribution in [0.3, 0.4) is 0 Å². The van der Waals surface area contributed by atoms with Gasteiger partial charge in [-0.1, -0.05) is 36.0 Å². The van der Waals surface area contributed by atoms with Gasteiger partial charge in [-0.15, -0.1) is 0 Å². The van der Waals surface area contributed by atoms with Crippen molar-refractivity contribution in [1.29, 1.82) is 0 Å². The van der Waals surface area contributed by atoms with Crippen LogP contribution in [0.25, 0.3) is 16.6 Å². The maximum absolute atomic E-state index is 14.5. The molecule has 0 bridgehead atoms. The number of amides is 1. The van der Waals surface area contributed by atoms with Crippen LogP contribution in [0.2, 0.25) is 0 Å². The van der Waals surface area contributed by atoms with Crippen LogP contribution >= 0.6 is 11.8 Å². The maximum Gasteiger partial charge on any atom is 0.266 e. The van der Waals surface area contributed by atoms with Crippen LogP contribution in [0.5, 0.6) is 0 Å². The molecular formula is C22H18FN3O3S. The van der Waals surface area contributed by atoms with Crippen molar-refractivity contribution in [2.75, 3.05) is 12.8 Å². The van der Waals surface area contributed by atoms with Crippen LogP contribution in [0.15, 0.2) is 81.3 Å². The number of rotatable bonds is 6. The highest BCUT2D eigenvalue weighted by Gasteiger charge is 2.18. The first-order chi connectivity index (χ1) is 14.5. The first-order valence-electron chi connectivity index (χ1n) is 9.20. The van der Waals surface area contributed by atoms with Gasteiger partial charge in [0.05, 0.1) is 35.2 Å². The summed E-state index contributed by atoms with van der Waals surface area (Å²) in [5.41, 5.74) is 0.207. The molecule has 8 heteroatoms. The van der Waals surface area contributed by atoms with Gasteiger partial charge in [0.25, 0.3) is 5.56 Å². The summed E-state index contributed by atoms with van der Waals surface area (Å²) in [6.07, 6.45) is 1.55. The molecule has 0 fully saturated rings. The van der Waals surface area contributed by atoms with Gasteiger partial charge in [-0.05, 0) is 36.4 Å². The molecule has 2 heterocycles.